The van der Waals surface area contributed by atoms with Crippen molar-refractivity contribution in [3.8, 4) is 5.75 Å². The van der Waals surface area contributed by atoms with E-state index in [2.05, 4.69) is 17.6 Å². The van der Waals surface area contributed by atoms with Gasteiger partial charge in [-0.3, -0.25) is 9.59 Å². The Bertz CT molecular complexity index is 605. The van der Waals surface area contributed by atoms with Crippen molar-refractivity contribution in [2.75, 3.05) is 6.61 Å². The van der Waals surface area contributed by atoms with E-state index >= 15 is 0 Å². The Morgan fingerprint density at radius 1 is 1.33 bits per heavy atom. The lowest BCUT2D eigenvalue weighted by Crippen LogP contribution is -2.55. The quantitative estimate of drug-likeness (QED) is 0.885. The molecule has 2 fully saturated rings. The summed E-state index contributed by atoms with van der Waals surface area (Å²) >= 11 is 0. The van der Waals surface area contributed by atoms with Gasteiger partial charge in [0, 0.05) is 18.5 Å². The summed E-state index contributed by atoms with van der Waals surface area (Å²) < 4.78 is 18.2. The van der Waals surface area contributed by atoms with E-state index in [9.17, 15) is 14.0 Å². The molecule has 0 aromatic heterocycles. The third kappa shape index (κ3) is 4.04. The van der Waals surface area contributed by atoms with Crippen molar-refractivity contribution in [2.45, 2.75) is 44.7 Å². The van der Waals surface area contributed by atoms with Crippen molar-refractivity contribution in [3.05, 3.63) is 30.1 Å². The molecule has 0 bridgehead atoms. The first-order valence-corrected chi connectivity index (χ1v) is 8.48. The number of carbonyl (C=O) groups is 2. The first-order valence-electron chi connectivity index (χ1n) is 8.48. The number of ether oxygens (including phenoxy) is 1. The number of hydrogen-bond acceptors (Lipinski definition) is 3. The van der Waals surface area contributed by atoms with E-state index in [4.69, 9.17) is 4.74 Å². The number of fused-ring (bicyclic) bond motifs is 1. The van der Waals surface area contributed by atoms with Gasteiger partial charge in [-0.1, -0.05) is 6.92 Å². The van der Waals surface area contributed by atoms with Gasteiger partial charge < -0.3 is 15.4 Å². The summed E-state index contributed by atoms with van der Waals surface area (Å²) in [4.78, 5) is 23.7. The van der Waals surface area contributed by atoms with Gasteiger partial charge in [-0.25, -0.2) is 4.39 Å². The molecule has 2 amide bonds. The standard InChI is InChI=1S/C18H23FN2O3/c1-11-8-17(22)21-16-9-13(4-7-15(11)16)20-18(23)10-24-14-5-2-12(19)3-6-14/h2-3,5-6,11,13,15-16H,4,7-10H2,1H3,(H,20,23)(H,21,22). The van der Waals surface area contributed by atoms with E-state index in [0.29, 0.717) is 24.0 Å². The topological polar surface area (TPSA) is 67.4 Å². The zero-order chi connectivity index (χ0) is 17.1. The number of rotatable bonds is 4. The molecule has 4 atom stereocenters. The average molecular weight is 334 g/mol. The molecule has 1 aliphatic carbocycles. The van der Waals surface area contributed by atoms with Crippen LogP contribution in [0.1, 0.15) is 32.6 Å². The van der Waals surface area contributed by atoms with Crippen LogP contribution < -0.4 is 15.4 Å². The number of amides is 2. The Hall–Kier alpha value is -2.11. The Morgan fingerprint density at radius 3 is 2.83 bits per heavy atom. The van der Waals surface area contributed by atoms with Crippen molar-refractivity contribution in [3.63, 3.8) is 0 Å². The number of piperidine rings is 1. The van der Waals surface area contributed by atoms with Crippen LogP contribution in [0.5, 0.6) is 5.75 Å². The molecule has 6 heteroatoms. The van der Waals surface area contributed by atoms with Gasteiger partial charge in [-0.2, -0.15) is 0 Å². The van der Waals surface area contributed by atoms with E-state index in [-0.39, 0.29) is 36.3 Å². The van der Waals surface area contributed by atoms with Crippen LogP contribution in [-0.2, 0) is 9.59 Å². The molecule has 2 aliphatic rings. The van der Waals surface area contributed by atoms with Gasteiger partial charge in [-0.05, 0) is 55.4 Å². The molecule has 0 spiro atoms. The molecule has 24 heavy (non-hydrogen) atoms. The van der Waals surface area contributed by atoms with Crippen LogP contribution in [0, 0.1) is 17.7 Å². The van der Waals surface area contributed by atoms with Crippen LogP contribution in [0.4, 0.5) is 4.39 Å². The summed E-state index contributed by atoms with van der Waals surface area (Å²) in [5.41, 5.74) is 0. The maximum absolute atomic E-state index is 12.8. The van der Waals surface area contributed by atoms with Gasteiger partial charge in [0.1, 0.15) is 11.6 Å². The predicted octanol–water partition coefficient (Wildman–Crippen LogP) is 2.01. The summed E-state index contributed by atoms with van der Waals surface area (Å²) in [6.45, 7) is 2.03. The third-order valence-electron chi connectivity index (χ3n) is 5.04. The van der Waals surface area contributed by atoms with Crippen molar-refractivity contribution in [1.29, 1.82) is 0 Å². The molecular formula is C18H23FN2O3. The summed E-state index contributed by atoms with van der Waals surface area (Å²) in [7, 11) is 0. The molecule has 3 rings (SSSR count). The molecule has 5 nitrogen and oxygen atoms in total. The monoisotopic (exact) mass is 334 g/mol. The SMILES string of the molecule is CC1CC(=O)NC2CC(NC(=O)COc3ccc(F)cc3)CCC12. The first-order chi connectivity index (χ1) is 11.5. The Kier molecular flexibility index (Phi) is 5.02. The minimum Gasteiger partial charge on any atom is -0.484 e. The van der Waals surface area contributed by atoms with Crippen molar-refractivity contribution >= 4 is 11.8 Å². The third-order valence-corrected chi connectivity index (χ3v) is 5.04. The van der Waals surface area contributed by atoms with Crippen molar-refractivity contribution in [1.82, 2.24) is 10.6 Å². The molecule has 1 aromatic carbocycles. The Morgan fingerprint density at radius 2 is 2.08 bits per heavy atom. The first kappa shape index (κ1) is 16.7. The summed E-state index contributed by atoms with van der Waals surface area (Å²) in [5.74, 6) is 0.942. The van der Waals surface area contributed by atoms with Gasteiger partial charge >= 0.3 is 0 Å². The zero-order valence-corrected chi connectivity index (χ0v) is 13.8. The van der Waals surface area contributed by atoms with Crippen LogP contribution in [0.15, 0.2) is 24.3 Å². The molecule has 0 radical (unpaired) electrons. The number of nitrogens with one attached hydrogen (secondary N) is 2. The second-order valence-corrected chi connectivity index (χ2v) is 6.84. The number of carbonyl (C=O) groups excluding carboxylic acids is 2. The number of hydrogen-bond donors (Lipinski definition) is 2. The lowest BCUT2D eigenvalue weighted by atomic mass is 9.72. The molecule has 1 saturated heterocycles. The molecule has 1 aliphatic heterocycles. The molecule has 1 saturated carbocycles. The van der Waals surface area contributed by atoms with Crippen molar-refractivity contribution < 1.29 is 18.7 Å². The highest BCUT2D eigenvalue weighted by Gasteiger charge is 2.38. The van der Waals surface area contributed by atoms with Crippen LogP contribution >= 0.6 is 0 Å². The molecular weight excluding hydrogens is 311 g/mol. The Labute approximate surface area is 141 Å². The highest BCUT2D eigenvalue weighted by atomic mass is 19.1. The maximum atomic E-state index is 12.8. The van der Waals surface area contributed by atoms with Gasteiger partial charge in [-0.15, -0.1) is 0 Å². The van der Waals surface area contributed by atoms with E-state index in [1.807, 2.05) is 0 Å². The van der Waals surface area contributed by atoms with E-state index in [1.54, 1.807) is 0 Å². The predicted molar refractivity (Wildman–Crippen MR) is 86.9 cm³/mol. The minimum absolute atomic E-state index is 0.0566. The van der Waals surface area contributed by atoms with E-state index in [0.717, 1.165) is 19.3 Å². The van der Waals surface area contributed by atoms with E-state index < -0.39 is 0 Å². The summed E-state index contributed by atoms with van der Waals surface area (Å²) in [6, 6.07) is 5.78. The largest absolute Gasteiger partial charge is 0.484 e. The lowest BCUT2D eigenvalue weighted by molar-refractivity contribution is -0.127. The van der Waals surface area contributed by atoms with E-state index in [1.165, 1.54) is 24.3 Å². The molecule has 2 N–H and O–H groups in total. The zero-order valence-electron chi connectivity index (χ0n) is 13.8. The highest BCUT2D eigenvalue weighted by molar-refractivity contribution is 5.78. The van der Waals surface area contributed by atoms with Crippen molar-refractivity contribution in [2.24, 2.45) is 11.8 Å². The number of halogens is 1. The maximum Gasteiger partial charge on any atom is 0.258 e. The van der Waals surface area contributed by atoms with Gasteiger partial charge in [0.2, 0.25) is 5.91 Å². The summed E-state index contributed by atoms with van der Waals surface area (Å²) in [6.07, 6.45) is 3.30. The second-order valence-electron chi connectivity index (χ2n) is 6.84. The van der Waals surface area contributed by atoms with Gasteiger partial charge in [0.05, 0.1) is 0 Å². The van der Waals surface area contributed by atoms with Crippen LogP contribution in [-0.4, -0.2) is 30.5 Å². The average Bonchev–Trinajstić information content (AvgIpc) is 2.54. The second kappa shape index (κ2) is 7.20. The molecule has 130 valence electrons. The normalized spacial score (nSPS) is 29.3. The number of benzene rings is 1. The smallest absolute Gasteiger partial charge is 0.258 e. The van der Waals surface area contributed by atoms with Crippen LogP contribution in [0.2, 0.25) is 0 Å². The minimum atomic E-state index is -0.340. The highest BCUT2D eigenvalue weighted by Crippen LogP contribution is 2.35. The fraction of sp³-hybridized carbons (Fsp3) is 0.556. The molecule has 1 aromatic rings. The summed E-state index contributed by atoms with van der Waals surface area (Å²) in [5, 5.41) is 6.03. The van der Waals surface area contributed by atoms with Crippen LogP contribution in [0.25, 0.3) is 0 Å². The van der Waals surface area contributed by atoms with Gasteiger partial charge in [0.15, 0.2) is 6.61 Å². The van der Waals surface area contributed by atoms with Crippen LogP contribution in [0.3, 0.4) is 0 Å². The fourth-order valence-electron chi connectivity index (χ4n) is 3.83. The molecule has 4 unspecified atom stereocenters. The fourth-order valence-corrected chi connectivity index (χ4v) is 3.83. The Balaban J connectivity index is 1.46. The molecule has 1 heterocycles. The lowest BCUT2D eigenvalue weighted by Gasteiger charge is -2.43. The van der Waals surface area contributed by atoms with Gasteiger partial charge in [0.25, 0.3) is 5.91 Å².